The van der Waals surface area contributed by atoms with E-state index in [0.29, 0.717) is 23.3 Å². The van der Waals surface area contributed by atoms with Crippen LogP contribution in [-0.2, 0) is 0 Å². The summed E-state index contributed by atoms with van der Waals surface area (Å²) in [5.74, 6) is 1.24. The van der Waals surface area contributed by atoms with Gasteiger partial charge >= 0.3 is 0 Å². The second-order valence-electron chi connectivity index (χ2n) is 2.55. The first kappa shape index (κ1) is 8.61. The summed E-state index contributed by atoms with van der Waals surface area (Å²) in [7, 11) is 1.51. The van der Waals surface area contributed by atoms with E-state index in [4.69, 9.17) is 9.26 Å². The van der Waals surface area contributed by atoms with Crippen molar-refractivity contribution < 1.29 is 9.26 Å². The molecule has 2 heterocycles. The van der Waals surface area contributed by atoms with Gasteiger partial charge in [0.15, 0.2) is 5.69 Å². The molecule has 0 radical (unpaired) electrons. The third-order valence-corrected chi connectivity index (χ3v) is 1.60. The summed E-state index contributed by atoms with van der Waals surface area (Å²) < 4.78 is 9.85. The summed E-state index contributed by atoms with van der Waals surface area (Å²) >= 11 is 0. The average Bonchev–Trinajstić information content (AvgIpc) is 2.65. The molecule has 0 amide bonds. The van der Waals surface area contributed by atoms with Gasteiger partial charge in [0, 0.05) is 19.3 Å². The highest BCUT2D eigenvalue weighted by molar-refractivity contribution is 5.54. The SMILES string of the molecule is COc1nccnc1-c1noc(C)n1. The Hall–Kier alpha value is -1.98. The molecule has 0 bridgehead atoms. The molecule has 0 saturated carbocycles. The molecule has 6 heteroatoms. The Morgan fingerprint density at radius 3 is 2.71 bits per heavy atom. The summed E-state index contributed by atoms with van der Waals surface area (Å²) in [6.07, 6.45) is 3.08. The lowest BCUT2D eigenvalue weighted by Gasteiger charge is -2.00. The zero-order valence-corrected chi connectivity index (χ0v) is 7.76. The summed E-state index contributed by atoms with van der Waals surface area (Å²) in [5, 5.41) is 3.73. The largest absolute Gasteiger partial charge is 0.479 e. The molecular weight excluding hydrogens is 184 g/mol. The van der Waals surface area contributed by atoms with Gasteiger partial charge in [-0.25, -0.2) is 9.97 Å². The molecule has 0 atom stereocenters. The first-order valence-corrected chi connectivity index (χ1v) is 3.97. The number of hydrogen-bond donors (Lipinski definition) is 0. The highest BCUT2D eigenvalue weighted by atomic mass is 16.5. The van der Waals surface area contributed by atoms with E-state index in [2.05, 4.69) is 20.1 Å². The second-order valence-corrected chi connectivity index (χ2v) is 2.55. The Kier molecular flexibility index (Phi) is 2.10. The van der Waals surface area contributed by atoms with Crippen LogP contribution in [0.4, 0.5) is 0 Å². The predicted octanol–water partition coefficient (Wildman–Crippen LogP) is 0.844. The fraction of sp³-hybridized carbons (Fsp3) is 0.250. The number of nitrogens with zero attached hydrogens (tertiary/aromatic N) is 4. The Bertz CT molecular complexity index is 440. The minimum Gasteiger partial charge on any atom is -0.479 e. The summed E-state index contributed by atoms with van der Waals surface area (Å²) in [4.78, 5) is 12.1. The Balaban J connectivity index is 2.50. The van der Waals surface area contributed by atoms with Crippen LogP contribution in [0.3, 0.4) is 0 Å². The van der Waals surface area contributed by atoms with Crippen LogP contribution in [0, 0.1) is 6.92 Å². The predicted molar refractivity (Wildman–Crippen MR) is 46.6 cm³/mol. The molecule has 0 aliphatic carbocycles. The lowest BCUT2D eigenvalue weighted by Crippen LogP contribution is -1.94. The van der Waals surface area contributed by atoms with Crippen molar-refractivity contribution in [2.45, 2.75) is 6.92 Å². The lowest BCUT2D eigenvalue weighted by molar-refractivity contribution is 0.388. The smallest absolute Gasteiger partial charge is 0.243 e. The van der Waals surface area contributed by atoms with Gasteiger partial charge in [0.05, 0.1) is 7.11 Å². The van der Waals surface area contributed by atoms with E-state index in [9.17, 15) is 0 Å². The molecule has 0 spiro atoms. The van der Waals surface area contributed by atoms with Crippen LogP contribution in [-0.4, -0.2) is 27.2 Å². The number of hydrogen-bond acceptors (Lipinski definition) is 6. The van der Waals surface area contributed by atoms with E-state index in [1.165, 1.54) is 13.3 Å². The molecule has 0 saturated heterocycles. The molecule has 0 N–H and O–H groups in total. The molecule has 0 aromatic carbocycles. The quantitative estimate of drug-likeness (QED) is 0.702. The second kappa shape index (κ2) is 3.41. The normalized spacial score (nSPS) is 10.1. The van der Waals surface area contributed by atoms with E-state index in [1.807, 2.05) is 0 Å². The number of aromatic nitrogens is 4. The van der Waals surface area contributed by atoms with Crippen molar-refractivity contribution in [1.29, 1.82) is 0 Å². The minimum absolute atomic E-state index is 0.382. The Labute approximate surface area is 80.0 Å². The average molecular weight is 192 g/mol. The maximum atomic E-state index is 5.01. The van der Waals surface area contributed by atoms with Gasteiger partial charge in [0.25, 0.3) is 0 Å². The molecule has 6 nitrogen and oxygen atoms in total. The van der Waals surface area contributed by atoms with Crippen LogP contribution in [0.5, 0.6) is 5.88 Å². The molecule has 2 aromatic heterocycles. The maximum Gasteiger partial charge on any atom is 0.243 e. The number of aryl methyl sites for hydroxylation is 1. The molecule has 72 valence electrons. The van der Waals surface area contributed by atoms with E-state index < -0.39 is 0 Å². The maximum absolute atomic E-state index is 5.01. The van der Waals surface area contributed by atoms with E-state index >= 15 is 0 Å². The van der Waals surface area contributed by atoms with Crippen molar-refractivity contribution in [3.63, 3.8) is 0 Å². The van der Waals surface area contributed by atoms with Crippen molar-refractivity contribution in [2.75, 3.05) is 7.11 Å². The van der Waals surface area contributed by atoms with Gasteiger partial charge in [-0.1, -0.05) is 5.16 Å². The lowest BCUT2D eigenvalue weighted by atomic mass is 10.4. The monoisotopic (exact) mass is 192 g/mol. The van der Waals surface area contributed by atoms with Crippen LogP contribution >= 0.6 is 0 Å². The topological polar surface area (TPSA) is 73.9 Å². The van der Waals surface area contributed by atoms with Crippen molar-refractivity contribution in [3.05, 3.63) is 18.3 Å². The van der Waals surface area contributed by atoms with Crippen LogP contribution < -0.4 is 4.74 Å². The highest BCUT2D eigenvalue weighted by Gasteiger charge is 2.13. The van der Waals surface area contributed by atoms with Crippen molar-refractivity contribution in [1.82, 2.24) is 20.1 Å². The third kappa shape index (κ3) is 1.41. The van der Waals surface area contributed by atoms with Gasteiger partial charge in [0.2, 0.25) is 17.6 Å². The van der Waals surface area contributed by atoms with Crippen molar-refractivity contribution in [3.8, 4) is 17.4 Å². The van der Waals surface area contributed by atoms with E-state index in [-0.39, 0.29) is 0 Å². The summed E-state index contributed by atoms with van der Waals surface area (Å²) in [5.41, 5.74) is 0.479. The Morgan fingerprint density at radius 2 is 2.07 bits per heavy atom. The number of ether oxygens (including phenoxy) is 1. The molecule has 0 aliphatic rings. The van der Waals surface area contributed by atoms with Crippen LogP contribution in [0.25, 0.3) is 11.5 Å². The third-order valence-electron chi connectivity index (χ3n) is 1.60. The first-order chi connectivity index (χ1) is 6.81. The number of rotatable bonds is 2. The first-order valence-electron chi connectivity index (χ1n) is 3.97. The molecule has 2 rings (SSSR count). The molecular formula is C8H8N4O2. The van der Waals surface area contributed by atoms with Crippen molar-refractivity contribution in [2.24, 2.45) is 0 Å². The van der Waals surface area contributed by atoms with Crippen molar-refractivity contribution >= 4 is 0 Å². The zero-order chi connectivity index (χ0) is 9.97. The minimum atomic E-state index is 0.382. The molecule has 0 unspecified atom stereocenters. The van der Waals surface area contributed by atoms with Gasteiger partial charge in [-0.2, -0.15) is 4.98 Å². The van der Waals surface area contributed by atoms with Crippen LogP contribution in [0.1, 0.15) is 5.89 Å². The Morgan fingerprint density at radius 1 is 1.29 bits per heavy atom. The summed E-state index contributed by atoms with van der Waals surface area (Å²) in [6.45, 7) is 1.71. The van der Waals surface area contributed by atoms with E-state index in [0.717, 1.165) is 0 Å². The zero-order valence-electron chi connectivity index (χ0n) is 7.76. The molecule has 0 fully saturated rings. The van der Waals surface area contributed by atoms with Gasteiger partial charge in [0.1, 0.15) is 0 Å². The highest BCUT2D eigenvalue weighted by Crippen LogP contribution is 2.21. The molecule has 2 aromatic rings. The van der Waals surface area contributed by atoms with E-state index in [1.54, 1.807) is 13.1 Å². The standard InChI is InChI=1S/C8H8N4O2/c1-5-11-7(12-14-5)6-8(13-2)10-4-3-9-6/h3-4H,1-2H3. The molecule has 0 aliphatic heterocycles. The van der Waals surface area contributed by atoms with Crippen LogP contribution in [0.15, 0.2) is 16.9 Å². The van der Waals surface area contributed by atoms with Gasteiger partial charge in [-0.05, 0) is 0 Å². The van der Waals surface area contributed by atoms with Gasteiger partial charge in [-0.3, -0.25) is 0 Å². The number of methoxy groups -OCH3 is 1. The van der Waals surface area contributed by atoms with Gasteiger partial charge < -0.3 is 9.26 Å². The fourth-order valence-corrected chi connectivity index (χ4v) is 1.02. The van der Waals surface area contributed by atoms with Crippen LogP contribution in [0.2, 0.25) is 0 Å². The van der Waals surface area contributed by atoms with Gasteiger partial charge in [-0.15, -0.1) is 0 Å². The molecule has 14 heavy (non-hydrogen) atoms. The summed E-state index contributed by atoms with van der Waals surface area (Å²) in [6, 6.07) is 0. The fourth-order valence-electron chi connectivity index (χ4n) is 1.02.